The first-order valence-corrected chi connectivity index (χ1v) is 11.7. The van der Waals surface area contributed by atoms with Crippen LogP contribution in [0.2, 0.25) is 0 Å². The molecule has 0 aliphatic heterocycles. The molecule has 0 aliphatic rings. The standard InChI is InChI=1S/C23H23N3O3S.C2H6/c1-4-26(5-2)23(28)21-19(29-14-15-10-12-24-13-11-15)18-20(30-21)16-8-6-7-9-17(16)25(3)22(18)27;1-2/h6-13H,4-5,14H2,1-3H3;1-2H3. The summed E-state index contributed by atoms with van der Waals surface area (Å²) in [7, 11) is 1.75. The number of aryl methyl sites for hydroxylation is 1. The first-order chi connectivity index (χ1) is 15.6. The zero-order valence-corrected chi connectivity index (χ0v) is 20.0. The molecule has 0 aliphatic carbocycles. The fourth-order valence-electron chi connectivity index (χ4n) is 3.60. The lowest BCUT2D eigenvalue weighted by Gasteiger charge is -2.18. The zero-order valence-electron chi connectivity index (χ0n) is 19.2. The number of fused-ring (bicyclic) bond motifs is 3. The Morgan fingerprint density at radius 1 is 1.09 bits per heavy atom. The molecule has 0 bridgehead atoms. The van der Waals surface area contributed by atoms with Gasteiger partial charge in [0.2, 0.25) is 0 Å². The Morgan fingerprint density at radius 3 is 2.41 bits per heavy atom. The van der Waals surface area contributed by atoms with Crippen molar-refractivity contribution in [2.45, 2.75) is 34.3 Å². The fraction of sp³-hybridized carbons (Fsp3) is 0.320. The van der Waals surface area contributed by atoms with Gasteiger partial charge < -0.3 is 14.2 Å². The number of amides is 1. The molecule has 0 saturated carbocycles. The fourth-order valence-corrected chi connectivity index (χ4v) is 4.84. The second-order valence-electron chi connectivity index (χ2n) is 6.97. The summed E-state index contributed by atoms with van der Waals surface area (Å²) in [6.45, 7) is 9.32. The number of ether oxygens (including phenoxy) is 1. The summed E-state index contributed by atoms with van der Waals surface area (Å²) in [5, 5.41) is 1.40. The lowest BCUT2D eigenvalue weighted by Crippen LogP contribution is -2.30. The highest BCUT2D eigenvalue weighted by molar-refractivity contribution is 7.22. The molecule has 4 aromatic rings. The van der Waals surface area contributed by atoms with Gasteiger partial charge in [-0.25, -0.2) is 0 Å². The number of carbonyl (C=O) groups is 1. The van der Waals surface area contributed by atoms with Crippen LogP contribution in [0.15, 0.2) is 53.6 Å². The molecule has 32 heavy (non-hydrogen) atoms. The topological polar surface area (TPSA) is 64.4 Å². The Labute approximate surface area is 192 Å². The van der Waals surface area contributed by atoms with Gasteiger partial charge in [-0.2, -0.15) is 0 Å². The van der Waals surface area contributed by atoms with Crippen molar-refractivity contribution < 1.29 is 9.53 Å². The molecule has 0 unspecified atom stereocenters. The first-order valence-electron chi connectivity index (χ1n) is 10.9. The molecule has 1 amide bonds. The molecule has 0 radical (unpaired) electrons. The van der Waals surface area contributed by atoms with Gasteiger partial charge in [-0.1, -0.05) is 32.0 Å². The predicted octanol–water partition coefficient (Wildman–Crippen LogP) is 5.24. The molecular formula is C25H29N3O3S. The summed E-state index contributed by atoms with van der Waals surface area (Å²) in [6, 6.07) is 11.5. The molecule has 0 atom stereocenters. The van der Waals surface area contributed by atoms with Crippen molar-refractivity contribution in [2.75, 3.05) is 13.1 Å². The van der Waals surface area contributed by atoms with Crippen molar-refractivity contribution in [1.29, 1.82) is 0 Å². The Morgan fingerprint density at radius 2 is 1.75 bits per heavy atom. The Kier molecular flexibility index (Phi) is 7.64. The van der Waals surface area contributed by atoms with Gasteiger partial charge in [0, 0.05) is 37.9 Å². The largest absolute Gasteiger partial charge is 0.486 e. The number of thiophene rings is 1. The minimum Gasteiger partial charge on any atom is -0.486 e. The van der Waals surface area contributed by atoms with Crippen molar-refractivity contribution in [3.05, 3.63) is 69.6 Å². The molecule has 7 heteroatoms. The van der Waals surface area contributed by atoms with E-state index in [1.807, 2.05) is 64.1 Å². The number of aromatic nitrogens is 2. The van der Waals surface area contributed by atoms with E-state index in [1.165, 1.54) is 11.3 Å². The number of hydrogen-bond donors (Lipinski definition) is 0. The van der Waals surface area contributed by atoms with Crippen LogP contribution in [-0.2, 0) is 13.7 Å². The number of rotatable bonds is 6. The maximum atomic E-state index is 13.3. The average molecular weight is 452 g/mol. The summed E-state index contributed by atoms with van der Waals surface area (Å²) in [5.41, 5.74) is 1.59. The lowest BCUT2D eigenvalue weighted by atomic mass is 10.1. The molecular weight excluding hydrogens is 422 g/mol. The SMILES string of the molecule is CC.CCN(CC)C(=O)c1sc2c(c1OCc1ccncc1)c(=O)n(C)c1ccccc21. The molecule has 1 aromatic carbocycles. The Bertz CT molecular complexity index is 1270. The maximum Gasteiger partial charge on any atom is 0.267 e. The van der Waals surface area contributed by atoms with Gasteiger partial charge in [0.1, 0.15) is 16.9 Å². The maximum absolute atomic E-state index is 13.3. The number of para-hydroxylation sites is 1. The van der Waals surface area contributed by atoms with Crippen molar-refractivity contribution >= 4 is 38.2 Å². The van der Waals surface area contributed by atoms with E-state index in [9.17, 15) is 9.59 Å². The normalized spacial score (nSPS) is 10.7. The van der Waals surface area contributed by atoms with Gasteiger partial charge in [0.15, 0.2) is 5.75 Å². The van der Waals surface area contributed by atoms with E-state index < -0.39 is 0 Å². The van der Waals surface area contributed by atoms with Crippen LogP contribution < -0.4 is 10.3 Å². The van der Waals surface area contributed by atoms with E-state index in [4.69, 9.17) is 4.74 Å². The van der Waals surface area contributed by atoms with E-state index in [2.05, 4.69) is 4.98 Å². The molecule has 168 valence electrons. The molecule has 4 rings (SSSR count). The highest BCUT2D eigenvalue weighted by Crippen LogP contribution is 2.40. The third-order valence-corrected chi connectivity index (χ3v) is 6.46. The second kappa shape index (κ2) is 10.4. The number of hydrogen-bond acceptors (Lipinski definition) is 5. The van der Waals surface area contributed by atoms with Crippen molar-refractivity contribution in [3.8, 4) is 5.75 Å². The average Bonchev–Trinajstić information content (AvgIpc) is 3.23. The number of pyridine rings is 2. The van der Waals surface area contributed by atoms with Gasteiger partial charge in [0.25, 0.3) is 11.5 Å². The molecule has 6 nitrogen and oxygen atoms in total. The molecule has 3 heterocycles. The second-order valence-corrected chi connectivity index (χ2v) is 7.99. The Hall–Kier alpha value is -3.19. The predicted molar refractivity (Wildman–Crippen MR) is 132 cm³/mol. The van der Waals surface area contributed by atoms with E-state index in [-0.39, 0.29) is 18.1 Å². The van der Waals surface area contributed by atoms with Crippen LogP contribution in [0.25, 0.3) is 21.0 Å². The van der Waals surface area contributed by atoms with Crippen molar-refractivity contribution in [1.82, 2.24) is 14.5 Å². The molecule has 0 fully saturated rings. The van der Waals surface area contributed by atoms with Crippen molar-refractivity contribution in [3.63, 3.8) is 0 Å². The third-order valence-electron chi connectivity index (χ3n) is 5.27. The first kappa shape index (κ1) is 23.5. The molecule has 0 N–H and O–H groups in total. The summed E-state index contributed by atoms with van der Waals surface area (Å²) >= 11 is 1.34. The van der Waals surface area contributed by atoms with E-state index >= 15 is 0 Å². The smallest absolute Gasteiger partial charge is 0.267 e. The quantitative estimate of drug-likeness (QED) is 0.402. The van der Waals surface area contributed by atoms with Crippen LogP contribution in [0.4, 0.5) is 0 Å². The number of benzene rings is 1. The van der Waals surface area contributed by atoms with Crippen LogP contribution in [0.1, 0.15) is 42.9 Å². The molecule has 0 saturated heterocycles. The van der Waals surface area contributed by atoms with E-state index in [0.29, 0.717) is 29.1 Å². The third kappa shape index (κ3) is 4.25. The number of nitrogens with zero attached hydrogens (tertiary/aromatic N) is 3. The summed E-state index contributed by atoms with van der Waals surface area (Å²) in [5.74, 6) is 0.257. The van der Waals surface area contributed by atoms with Crippen LogP contribution in [0, 0.1) is 0 Å². The van der Waals surface area contributed by atoms with Crippen LogP contribution in [0.5, 0.6) is 5.75 Å². The van der Waals surface area contributed by atoms with E-state index in [1.54, 1.807) is 28.9 Å². The molecule has 3 aromatic heterocycles. The van der Waals surface area contributed by atoms with Crippen LogP contribution >= 0.6 is 11.3 Å². The highest BCUT2D eigenvalue weighted by Gasteiger charge is 2.27. The lowest BCUT2D eigenvalue weighted by molar-refractivity contribution is 0.0773. The van der Waals surface area contributed by atoms with Gasteiger partial charge in [-0.15, -0.1) is 11.3 Å². The zero-order chi connectivity index (χ0) is 23.3. The minimum atomic E-state index is -0.164. The van der Waals surface area contributed by atoms with Gasteiger partial charge in [-0.05, 0) is 37.6 Å². The van der Waals surface area contributed by atoms with Gasteiger partial charge in [0.05, 0.1) is 10.2 Å². The molecule has 0 spiro atoms. The summed E-state index contributed by atoms with van der Waals surface area (Å²) in [4.78, 5) is 32.8. The van der Waals surface area contributed by atoms with Gasteiger partial charge in [-0.3, -0.25) is 14.6 Å². The Balaban J connectivity index is 0.00000141. The van der Waals surface area contributed by atoms with Gasteiger partial charge >= 0.3 is 0 Å². The van der Waals surface area contributed by atoms with Crippen LogP contribution in [-0.4, -0.2) is 33.4 Å². The summed E-state index contributed by atoms with van der Waals surface area (Å²) < 4.78 is 8.55. The number of carbonyl (C=O) groups excluding carboxylic acids is 1. The monoisotopic (exact) mass is 451 g/mol. The minimum absolute atomic E-state index is 0.114. The van der Waals surface area contributed by atoms with E-state index in [0.717, 1.165) is 21.2 Å². The highest BCUT2D eigenvalue weighted by atomic mass is 32.1. The summed E-state index contributed by atoms with van der Waals surface area (Å²) in [6.07, 6.45) is 3.39. The van der Waals surface area contributed by atoms with Crippen LogP contribution in [0.3, 0.4) is 0 Å². The van der Waals surface area contributed by atoms with Crippen molar-refractivity contribution in [2.24, 2.45) is 7.05 Å².